The molecule has 3 aromatic rings. The van der Waals surface area contributed by atoms with Crippen LogP contribution in [0.25, 0.3) is 11.1 Å². The third-order valence-electron chi connectivity index (χ3n) is 4.26. The Morgan fingerprint density at radius 1 is 1.04 bits per heavy atom. The van der Waals surface area contributed by atoms with Crippen molar-refractivity contribution in [3.8, 4) is 17.2 Å². The van der Waals surface area contributed by atoms with Gasteiger partial charge in [0.15, 0.2) is 0 Å². The third-order valence-corrected chi connectivity index (χ3v) is 4.26. The van der Waals surface area contributed by atoms with E-state index in [4.69, 9.17) is 5.26 Å². The molecule has 0 saturated heterocycles. The molecule has 3 rings (SSSR count). The second kappa shape index (κ2) is 8.15. The van der Waals surface area contributed by atoms with Gasteiger partial charge in [-0.05, 0) is 66.9 Å². The Hall–Kier alpha value is -3.65. The Labute approximate surface area is 158 Å². The lowest BCUT2D eigenvalue weighted by atomic mass is 10.1. The van der Waals surface area contributed by atoms with E-state index in [1.165, 1.54) is 0 Å². The molecule has 0 saturated carbocycles. The largest absolute Gasteiger partial charge is 0.331 e. The molecular weight excluding hydrogens is 336 g/mol. The fourth-order valence-electron chi connectivity index (χ4n) is 2.76. The SMILES string of the molecule is Cc1cc(-c2ccc(NC(=O)NC(C)c3ccc(C#N)cc3)cc2)ccn1. The lowest BCUT2D eigenvalue weighted by molar-refractivity contribution is 0.249. The number of carbonyl (C=O) groups is 1. The van der Waals surface area contributed by atoms with E-state index >= 15 is 0 Å². The monoisotopic (exact) mass is 356 g/mol. The van der Waals surface area contributed by atoms with Crippen LogP contribution in [0.1, 0.15) is 29.8 Å². The van der Waals surface area contributed by atoms with Gasteiger partial charge in [-0.2, -0.15) is 5.26 Å². The molecule has 0 fully saturated rings. The first-order valence-corrected chi connectivity index (χ1v) is 8.66. The molecule has 1 heterocycles. The summed E-state index contributed by atoms with van der Waals surface area (Å²) in [7, 11) is 0. The highest BCUT2D eigenvalue weighted by Gasteiger charge is 2.10. The summed E-state index contributed by atoms with van der Waals surface area (Å²) >= 11 is 0. The average molecular weight is 356 g/mol. The van der Waals surface area contributed by atoms with Gasteiger partial charge in [0.1, 0.15) is 0 Å². The maximum Gasteiger partial charge on any atom is 0.319 e. The van der Waals surface area contributed by atoms with E-state index in [0.29, 0.717) is 11.3 Å². The minimum atomic E-state index is -0.278. The summed E-state index contributed by atoms with van der Waals surface area (Å²) in [5.74, 6) is 0. The number of urea groups is 1. The zero-order valence-corrected chi connectivity index (χ0v) is 15.2. The lowest BCUT2D eigenvalue weighted by Crippen LogP contribution is -2.31. The maximum absolute atomic E-state index is 12.2. The van der Waals surface area contributed by atoms with Gasteiger partial charge in [0.2, 0.25) is 0 Å². The Morgan fingerprint density at radius 3 is 2.37 bits per heavy atom. The summed E-state index contributed by atoms with van der Waals surface area (Å²) in [6, 6.07) is 20.5. The number of nitriles is 1. The smallest absolute Gasteiger partial charge is 0.319 e. The summed E-state index contributed by atoms with van der Waals surface area (Å²) in [4.78, 5) is 16.4. The second-order valence-corrected chi connectivity index (χ2v) is 6.32. The van der Waals surface area contributed by atoms with E-state index in [9.17, 15) is 4.79 Å². The van der Waals surface area contributed by atoms with Gasteiger partial charge in [-0.25, -0.2) is 4.79 Å². The van der Waals surface area contributed by atoms with Crippen LogP contribution < -0.4 is 10.6 Å². The van der Waals surface area contributed by atoms with Crippen LogP contribution in [-0.2, 0) is 0 Å². The van der Waals surface area contributed by atoms with Gasteiger partial charge in [-0.1, -0.05) is 24.3 Å². The van der Waals surface area contributed by atoms with Crippen molar-refractivity contribution in [3.63, 3.8) is 0 Å². The predicted octanol–water partition coefficient (Wildman–Crippen LogP) is 4.81. The van der Waals surface area contributed by atoms with Crippen LogP contribution in [0.2, 0.25) is 0 Å². The second-order valence-electron chi connectivity index (χ2n) is 6.32. The molecule has 0 spiro atoms. The van der Waals surface area contributed by atoms with Crippen LogP contribution in [0.5, 0.6) is 0 Å². The van der Waals surface area contributed by atoms with Gasteiger partial charge in [-0.15, -0.1) is 0 Å². The minimum Gasteiger partial charge on any atom is -0.331 e. The van der Waals surface area contributed by atoms with E-state index in [0.717, 1.165) is 22.4 Å². The fraction of sp³-hybridized carbons (Fsp3) is 0.136. The fourth-order valence-corrected chi connectivity index (χ4v) is 2.76. The molecule has 1 aromatic heterocycles. The van der Waals surface area contributed by atoms with Crippen molar-refractivity contribution < 1.29 is 4.79 Å². The number of nitrogens with one attached hydrogen (secondary N) is 2. The van der Waals surface area contributed by atoms with E-state index in [1.807, 2.05) is 62.4 Å². The molecule has 2 aromatic carbocycles. The molecule has 5 nitrogen and oxygen atoms in total. The number of carbonyl (C=O) groups excluding carboxylic acids is 1. The van der Waals surface area contributed by atoms with Crippen molar-refractivity contribution in [2.24, 2.45) is 0 Å². The Morgan fingerprint density at radius 2 is 1.74 bits per heavy atom. The van der Waals surface area contributed by atoms with Gasteiger partial charge in [0, 0.05) is 17.6 Å². The van der Waals surface area contributed by atoms with Crippen molar-refractivity contribution in [2.75, 3.05) is 5.32 Å². The first-order chi connectivity index (χ1) is 13.0. The summed E-state index contributed by atoms with van der Waals surface area (Å²) in [5.41, 5.74) is 5.37. The van der Waals surface area contributed by atoms with Crippen molar-refractivity contribution >= 4 is 11.7 Å². The molecule has 0 aliphatic heterocycles. The zero-order valence-electron chi connectivity index (χ0n) is 15.2. The van der Waals surface area contributed by atoms with Gasteiger partial charge in [0.05, 0.1) is 17.7 Å². The van der Waals surface area contributed by atoms with Crippen LogP contribution >= 0.6 is 0 Å². The Balaban J connectivity index is 1.61. The van der Waals surface area contributed by atoms with Crippen molar-refractivity contribution in [3.05, 3.63) is 83.7 Å². The van der Waals surface area contributed by atoms with Crippen LogP contribution in [0.3, 0.4) is 0 Å². The standard InChI is InChI=1S/C22H20N4O/c1-15-13-20(11-12-24-15)19-7-9-21(10-8-19)26-22(27)25-16(2)18-5-3-17(14-23)4-6-18/h3-13,16H,1-2H3,(H2,25,26,27). The quantitative estimate of drug-likeness (QED) is 0.704. The molecule has 2 amide bonds. The molecule has 0 aliphatic rings. The first-order valence-electron chi connectivity index (χ1n) is 8.66. The highest BCUT2D eigenvalue weighted by Crippen LogP contribution is 2.21. The number of rotatable bonds is 4. The first kappa shape index (κ1) is 18.2. The molecule has 1 unspecified atom stereocenters. The number of aromatic nitrogens is 1. The molecule has 1 atom stereocenters. The van der Waals surface area contributed by atoms with Gasteiger partial charge >= 0.3 is 6.03 Å². The summed E-state index contributed by atoms with van der Waals surface area (Å²) < 4.78 is 0. The third kappa shape index (κ3) is 4.71. The van der Waals surface area contributed by atoms with Crippen LogP contribution in [0.4, 0.5) is 10.5 Å². The topological polar surface area (TPSA) is 77.8 Å². The summed E-state index contributed by atoms with van der Waals surface area (Å²) in [6.45, 7) is 3.86. The average Bonchev–Trinajstić information content (AvgIpc) is 2.68. The summed E-state index contributed by atoms with van der Waals surface area (Å²) in [6.07, 6.45) is 1.79. The number of pyridine rings is 1. The number of benzene rings is 2. The van der Waals surface area contributed by atoms with Crippen LogP contribution in [-0.4, -0.2) is 11.0 Å². The molecular formula is C22H20N4O. The van der Waals surface area contributed by atoms with Crippen molar-refractivity contribution in [2.45, 2.75) is 19.9 Å². The number of amides is 2. The predicted molar refractivity (Wildman–Crippen MR) is 106 cm³/mol. The number of aryl methyl sites for hydroxylation is 1. The van der Waals surface area contributed by atoms with Crippen molar-refractivity contribution in [1.82, 2.24) is 10.3 Å². The molecule has 2 N–H and O–H groups in total. The number of nitrogens with zero attached hydrogens (tertiary/aromatic N) is 2. The van der Waals surface area contributed by atoms with Gasteiger partial charge < -0.3 is 10.6 Å². The number of hydrogen-bond acceptors (Lipinski definition) is 3. The number of hydrogen-bond donors (Lipinski definition) is 2. The maximum atomic E-state index is 12.2. The normalized spacial score (nSPS) is 11.3. The zero-order chi connectivity index (χ0) is 19.2. The number of anilines is 1. The highest BCUT2D eigenvalue weighted by molar-refractivity contribution is 5.89. The van der Waals surface area contributed by atoms with Crippen LogP contribution in [0.15, 0.2) is 66.9 Å². The molecule has 134 valence electrons. The minimum absolute atomic E-state index is 0.170. The molecule has 5 heteroatoms. The van der Waals surface area contributed by atoms with E-state index in [1.54, 1.807) is 18.3 Å². The summed E-state index contributed by atoms with van der Waals surface area (Å²) in [5, 5.41) is 14.6. The van der Waals surface area contributed by atoms with Gasteiger partial charge in [0.25, 0.3) is 0 Å². The molecule has 0 aliphatic carbocycles. The lowest BCUT2D eigenvalue weighted by Gasteiger charge is -2.15. The van der Waals surface area contributed by atoms with Crippen LogP contribution in [0, 0.1) is 18.3 Å². The molecule has 27 heavy (non-hydrogen) atoms. The van der Waals surface area contributed by atoms with Crippen molar-refractivity contribution in [1.29, 1.82) is 5.26 Å². The van der Waals surface area contributed by atoms with E-state index in [-0.39, 0.29) is 12.1 Å². The highest BCUT2D eigenvalue weighted by atomic mass is 16.2. The Bertz CT molecular complexity index is 972. The Kier molecular flexibility index (Phi) is 5.48. The molecule has 0 bridgehead atoms. The van der Waals surface area contributed by atoms with E-state index < -0.39 is 0 Å². The molecule has 0 radical (unpaired) electrons. The van der Waals surface area contributed by atoms with Gasteiger partial charge in [-0.3, -0.25) is 4.98 Å². The van der Waals surface area contributed by atoms with E-state index in [2.05, 4.69) is 21.7 Å².